The molecule has 3 rings (SSSR count). The fourth-order valence-corrected chi connectivity index (χ4v) is 3.33. The maximum absolute atomic E-state index is 12.3. The maximum atomic E-state index is 12.3. The summed E-state index contributed by atoms with van der Waals surface area (Å²) in [5.41, 5.74) is 2.15. The van der Waals surface area contributed by atoms with Crippen molar-refractivity contribution in [3.63, 3.8) is 0 Å². The number of nitrogens with one attached hydrogen (secondary N) is 2. The Balaban J connectivity index is 1.54. The van der Waals surface area contributed by atoms with Crippen LogP contribution < -0.4 is 10.6 Å². The molecule has 2 N–H and O–H groups in total. The van der Waals surface area contributed by atoms with Crippen LogP contribution in [0.4, 0.5) is 5.13 Å². The van der Waals surface area contributed by atoms with E-state index >= 15 is 0 Å². The molecule has 1 unspecified atom stereocenters. The molecule has 0 fully saturated rings. The van der Waals surface area contributed by atoms with E-state index < -0.39 is 0 Å². The number of amides is 2. The normalized spacial score (nSPS) is 11.6. The Morgan fingerprint density at radius 2 is 1.81 bits per heavy atom. The zero-order chi connectivity index (χ0) is 19.2. The van der Waals surface area contributed by atoms with E-state index in [4.69, 9.17) is 11.6 Å². The van der Waals surface area contributed by atoms with Crippen molar-refractivity contribution in [2.24, 2.45) is 0 Å². The van der Waals surface area contributed by atoms with Gasteiger partial charge in [-0.15, -0.1) is 11.3 Å². The molecule has 1 aromatic heterocycles. The van der Waals surface area contributed by atoms with Gasteiger partial charge >= 0.3 is 0 Å². The summed E-state index contributed by atoms with van der Waals surface area (Å²) in [6, 6.07) is 16.1. The minimum absolute atomic E-state index is 0.134. The van der Waals surface area contributed by atoms with Crippen molar-refractivity contribution in [1.29, 1.82) is 0 Å². The number of carbonyl (C=O) groups is 2. The molecule has 0 radical (unpaired) electrons. The van der Waals surface area contributed by atoms with Gasteiger partial charge in [0.1, 0.15) is 0 Å². The van der Waals surface area contributed by atoms with E-state index in [1.54, 1.807) is 41.8 Å². The predicted octanol–water partition coefficient (Wildman–Crippen LogP) is 4.47. The highest BCUT2D eigenvalue weighted by molar-refractivity contribution is 7.14. The Bertz CT molecular complexity index is 926. The average Bonchev–Trinajstić information content (AvgIpc) is 3.09. The van der Waals surface area contributed by atoms with E-state index in [-0.39, 0.29) is 24.3 Å². The largest absolute Gasteiger partial charge is 0.349 e. The SMILES string of the molecule is CC(NC(=O)Cc1csc(NC(=O)c2ccccc2)n1)c1ccc(Cl)cc1. The van der Waals surface area contributed by atoms with Gasteiger partial charge in [-0.2, -0.15) is 0 Å². The van der Waals surface area contributed by atoms with Crippen LogP contribution in [0.15, 0.2) is 60.0 Å². The van der Waals surface area contributed by atoms with E-state index in [1.807, 2.05) is 25.1 Å². The number of anilines is 1. The molecule has 0 saturated heterocycles. The standard InChI is InChI=1S/C20H18ClN3O2S/c1-13(14-7-9-16(21)10-8-14)22-18(25)11-17-12-27-20(23-17)24-19(26)15-5-3-2-4-6-15/h2-10,12-13H,11H2,1H3,(H,22,25)(H,23,24,26). The van der Waals surface area contributed by atoms with Gasteiger partial charge in [0.2, 0.25) is 5.91 Å². The molecule has 7 heteroatoms. The van der Waals surface area contributed by atoms with Gasteiger partial charge in [0.05, 0.1) is 18.2 Å². The van der Waals surface area contributed by atoms with Crippen molar-refractivity contribution in [1.82, 2.24) is 10.3 Å². The van der Waals surface area contributed by atoms with E-state index in [0.717, 1.165) is 5.56 Å². The number of rotatable bonds is 6. The monoisotopic (exact) mass is 399 g/mol. The lowest BCUT2D eigenvalue weighted by Gasteiger charge is -2.14. The molecule has 2 aromatic carbocycles. The summed E-state index contributed by atoms with van der Waals surface area (Å²) < 4.78 is 0. The fraction of sp³-hybridized carbons (Fsp3) is 0.150. The van der Waals surface area contributed by atoms with Crippen LogP contribution in [-0.4, -0.2) is 16.8 Å². The van der Waals surface area contributed by atoms with Gasteiger partial charge in [0, 0.05) is 16.0 Å². The lowest BCUT2D eigenvalue weighted by molar-refractivity contribution is -0.121. The highest BCUT2D eigenvalue weighted by atomic mass is 35.5. The Morgan fingerprint density at radius 3 is 2.52 bits per heavy atom. The van der Waals surface area contributed by atoms with Gasteiger partial charge < -0.3 is 5.32 Å². The van der Waals surface area contributed by atoms with Gasteiger partial charge in [-0.3, -0.25) is 14.9 Å². The number of aromatic nitrogens is 1. The average molecular weight is 400 g/mol. The summed E-state index contributed by atoms with van der Waals surface area (Å²) in [4.78, 5) is 28.7. The number of hydrogen-bond acceptors (Lipinski definition) is 4. The number of nitrogens with zero attached hydrogens (tertiary/aromatic N) is 1. The van der Waals surface area contributed by atoms with Crippen molar-refractivity contribution in [3.8, 4) is 0 Å². The summed E-state index contributed by atoms with van der Waals surface area (Å²) in [6.45, 7) is 1.91. The van der Waals surface area contributed by atoms with Crippen molar-refractivity contribution >= 4 is 39.9 Å². The predicted molar refractivity (Wildman–Crippen MR) is 108 cm³/mol. The molecule has 3 aromatic rings. The lowest BCUT2D eigenvalue weighted by atomic mass is 10.1. The third kappa shape index (κ3) is 5.39. The van der Waals surface area contributed by atoms with Crippen molar-refractivity contribution in [3.05, 3.63) is 81.8 Å². The van der Waals surface area contributed by atoms with Crippen LogP contribution in [0.5, 0.6) is 0 Å². The first-order valence-electron chi connectivity index (χ1n) is 8.37. The first-order chi connectivity index (χ1) is 13.0. The molecule has 5 nitrogen and oxygen atoms in total. The smallest absolute Gasteiger partial charge is 0.257 e. The van der Waals surface area contributed by atoms with Crippen molar-refractivity contribution in [2.45, 2.75) is 19.4 Å². The summed E-state index contributed by atoms with van der Waals surface area (Å²) in [5.74, 6) is -0.360. The number of hydrogen-bond donors (Lipinski definition) is 2. The third-order valence-corrected chi connectivity index (χ3v) is 4.96. The molecule has 0 saturated carbocycles. The van der Waals surface area contributed by atoms with E-state index in [9.17, 15) is 9.59 Å². The van der Waals surface area contributed by atoms with Gasteiger partial charge in [-0.1, -0.05) is 41.9 Å². The maximum Gasteiger partial charge on any atom is 0.257 e. The molecule has 1 atom stereocenters. The van der Waals surface area contributed by atoms with Crippen LogP contribution in [0.25, 0.3) is 0 Å². The Hall–Kier alpha value is -2.70. The van der Waals surface area contributed by atoms with Gasteiger partial charge in [-0.25, -0.2) is 4.98 Å². The first-order valence-corrected chi connectivity index (χ1v) is 9.62. The van der Waals surface area contributed by atoms with Gasteiger partial charge in [-0.05, 0) is 36.8 Å². The Labute approximate surface area is 166 Å². The molecular formula is C20H18ClN3O2S. The third-order valence-electron chi connectivity index (χ3n) is 3.90. The minimum atomic E-state index is -0.225. The molecular weight excluding hydrogens is 382 g/mol. The molecule has 0 bridgehead atoms. The number of benzene rings is 2. The van der Waals surface area contributed by atoms with Crippen LogP contribution in [0.1, 0.15) is 34.6 Å². The van der Waals surface area contributed by atoms with Crippen LogP contribution in [0.2, 0.25) is 5.02 Å². The number of thiazole rings is 1. The molecule has 27 heavy (non-hydrogen) atoms. The van der Waals surface area contributed by atoms with E-state index in [2.05, 4.69) is 15.6 Å². The molecule has 138 valence electrons. The second kappa shape index (κ2) is 8.79. The highest BCUT2D eigenvalue weighted by Crippen LogP contribution is 2.18. The van der Waals surface area contributed by atoms with Crippen LogP contribution in [0, 0.1) is 0 Å². The second-order valence-corrected chi connectivity index (χ2v) is 7.28. The van der Waals surface area contributed by atoms with Crippen molar-refractivity contribution < 1.29 is 9.59 Å². The van der Waals surface area contributed by atoms with Crippen LogP contribution >= 0.6 is 22.9 Å². The zero-order valence-electron chi connectivity index (χ0n) is 14.6. The summed E-state index contributed by atoms with van der Waals surface area (Å²) in [6.07, 6.45) is 0.148. The molecule has 0 aliphatic carbocycles. The summed E-state index contributed by atoms with van der Waals surface area (Å²) >= 11 is 7.18. The second-order valence-electron chi connectivity index (χ2n) is 5.98. The molecule has 0 aliphatic rings. The van der Waals surface area contributed by atoms with Gasteiger partial charge in [0.25, 0.3) is 5.91 Å². The summed E-state index contributed by atoms with van der Waals surface area (Å²) in [5, 5.41) is 8.58. The quantitative estimate of drug-likeness (QED) is 0.642. The van der Waals surface area contributed by atoms with E-state index in [0.29, 0.717) is 21.4 Å². The Kier molecular flexibility index (Phi) is 6.21. The topological polar surface area (TPSA) is 71.1 Å². The first kappa shape index (κ1) is 19.1. The molecule has 2 amide bonds. The summed E-state index contributed by atoms with van der Waals surface area (Å²) in [7, 11) is 0. The number of carbonyl (C=O) groups excluding carboxylic acids is 2. The highest BCUT2D eigenvalue weighted by Gasteiger charge is 2.13. The minimum Gasteiger partial charge on any atom is -0.349 e. The molecule has 0 spiro atoms. The number of halogens is 1. The van der Waals surface area contributed by atoms with Gasteiger partial charge in [0.15, 0.2) is 5.13 Å². The van der Waals surface area contributed by atoms with Crippen LogP contribution in [-0.2, 0) is 11.2 Å². The molecule has 1 heterocycles. The van der Waals surface area contributed by atoms with E-state index in [1.165, 1.54) is 11.3 Å². The molecule has 0 aliphatic heterocycles. The Morgan fingerprint density at radius 1 is 1.11 bits per heavy atom. The lowest BCUT2D eigenvalue weighted by Crippen LogP contribution is -2.28. The van der Waals surface area contributed by atoms with Crippen LogP contribution in [0.3, 0.4) is 0 Å². The van der Waals surface area contributed by atoms with Crippen molar-refractivity contribution in [2.75, 3.05) is 5.32 Å². The zero-order valence-corrected chi connectivity index (χ0v) is 16.2. The fourth-order valence-electron chi connectivity index (χ4n) is 2.50.